The molecule has 0 heterocycles. The van der Waals surface area contributed by atoms with Crippen molar-refractivity contribution >= 4 is 34.8 Å². The van der Waals surface area contributed by atoms with Gasteiger partial charge in [0.25, 0.3) is 5.91 Å². The number of carbonyl (C=O) groups excluding carboxylic acids is 1. The van der Waals surface area contributed by atoms with Gasteiger partial charge < -0.3 is 19.7 Å². The molecule has 2 rings (SSSR count). The first-order valence-electron chi connectivity index (χ1n) is 8.13. The second-order valence-corrected chi connectivity index (χ2v) is 6.85. The molecule has 0 aromatic heterocycles. The Bertz CT molecular complexity index is 797. The number of methoxy groups -OCH3 is 2. The van der Waals surface area contributed by atoms with Gasteiger partial charge in [0.2, 0.25) is 0 Å². The molecule has 0 saturated heterocycles. The maximum Gasteiger partial charge on any atom is 0.279 e. The highest BCUT2D eigenvalue weighted by atomic mass is 35.5. The van der Waals surface area contributed by atoms with E-state index >= 15 is 0 Å². The largest absolute Gasteiger partial charge is 0.493 e. The van der Waals surface area contributed by atoms with Crippen LogP contribution in [-0.2, 0) is 11.3 Å². The van der Waals surface area contributed by atoms with E-state index in [2.05, 4.69) is 5.32 Å². The van der Waals surface area contributed by atoms with Crippen molar-refractivity contribution in [1.29, 1.82) is 0 Å². The molecular formula is C19H23Cl2N2O3+. The van der Waals surface area contributed by atoms with E-state index in [0.29, 0.717) is 33.8 Å². The maximum absolute atomic E-state index is 12.4. The number of likely N-dealkylation sites (N-methyl/N-ethyl adjacent to an activating group) is 1. The summed E-state index contributed by atoms with van der Waals surface area (Å²) in [6, 6.07) is 9.22. The van der Waals surface area contributed by atoms with E-state index in [1.165, 1.54) is 0 Å². The van der Waals surface area contributed by atoms with E-state index in [1.54, 1.807) is 20.3 Å². The normalized spacial score (nSPS) is 11.8. The predicted molar refractivity (Wildman–Crippen MR) is 105 cm³/mol. The molecule has 1 amide bonds. The minimum atomic E-state index is -0.168. The molecule has 0 aliphatic heterocycles. The topological polar surface area (TPSA) is 52.0 Å². The molecule has 0 radical (unpaired) electrons. The average Bonchev–Trinajstić information content (AvgIpc) is 2.61. The summed E-state index contributed by atoms with van der Waals surface area (Å²) in [5.74, 6) is 1.18. The van der Waals surface area contributed by atoms with Crippen LogP contribution < -0.4 is 19.7 Å². The third kappa shape index (κ3) is 4.81. The molecule has 0 aliphatic carbocycles. The van der Waals surface area contributed by atoms with Gasteiger partial charge in [0.1, 0.15) is 6.54 Å². The number of quaternary nitrogens is 1. The second-order valence-electron chi connectivity index (χ2n) is 6.06. The molecule has 1 unspecified atom stereocenters. The van der Waals surface area contributed by atoms with E-state index in [1.807, 2.05) is 38.2 Å². The van der Waals surface area contributed by atoms with Crippen molar-refractivity contribution in [3.8, 4) is 11.5 Å². The average molecular weight is 398 g/mol. The van der Waals surface area contributed by atoms with Crippen molar-refractivity contribution in [2.24, 2.45) is 0 Å². The van der Waals surface area contributed by atoms with Crippen molar-refractivity contribution in [3.05, 3.63) is 51.5 Å². The van der Waals surface area contributed by atoms with E-state index in [9.17, 15) is 4.79 Å². The SMILES string of the molecule is COc1cccc(C[NH+](C)CC(=O)Nc2c(Cl)ccc(C)c2Cl)c1OC. The first-order chi connectivity index (χ1) is 12.4. The summed E-state index contributed by atoms with van der Waals surface area (Å²) >= 11 is 12.4. The van der Waals surface area contributed by atoms with Gasteiger partial charge >= 0.3 is 0 Å². The van der Waals surface area contributed by atoms with Gasteiger partial charge in [-0.3, -0.25) is 4.79 Å². The van der Waals surface area contributed by atoms with E-state index in [0.717, 1.165) is 16.0 Å². The van der Waals surface area contributed by atoms with Gasteiger partial charge in [0.05, 0.1) is 42.6 Å². The summed E-state index contributed by atoms with van der Waals surface area (Å²) in [6.07, 6.45) is 0. The first-order valence-corrected chi connectivity index (χ1v) is 8.88. The number of hydrogen-bond acceptors (Lipinski definition) is 3. The zero-order valence-corrected chi connectivity index (χ0v) is 16.8. The molecule has 2 aromatic rings. The van der Waals surface area contributed by atoms with Crippen LogP contribution in [-0.4, -0.2) is 33.7 Å². The van der Waals surface area contributed by atoms with Crippen molar-refractivity contribution in [2.45, 2.75) is 13.5 Å². The first kappa shape index (κ1) is 20.4. The van der Waals surface area contributed by atoms with Crippen molar-refractivity contribution in [2.75, 3.05) is 33.1 Å². The number of para-hydroxylation sites is 1. The van der Waals surface area contributed by atoms with Gasteiger partial charge in [-0.2, -0.15) is 0 Å². The Balaban J connectivity index is 2.06. The Kier molecular flexibility index (Phi) is 7.14. The highest BCUT2D eigenvalue weighted by Crippen LogP contribution is 2.33. The van der Waals surface area contributed by atoms with Gasteiger partial charge in [0.15, 0.2) is 18.0 Å². The summed E-state index contributed by atoms with van der Waals surface area (Å²) in [7, 11) is 5.13. The highest BCUT2D eigenvalue weighted by Gasteiger charge is 2.18. The van der Waals surface area contributed by atoms with Crippen LogP contribution >= 0.6 is 23.2 Å². The van der Waals surface area contributed by atoms with E-state index in [-0.39, 0.29) is 12.5 Å². The zero-order chi connectivity index (χ0) is 19.3. The third-order valence-electron chi connectivity index (χ3n) is 3.99. The molecule has 26 heavy (non-hydrogen) atoms. The molecule has 2 N–H and O–H groups in total. The Morgan fingerprint density at radius 3 is 2.54 bits per heavy atom. The number of aryl methyl sites for hydroxylation is 1. The van der Waals surface area contributed by atoms with Crippen LogP contribution in [0.25, 0.3) is 0 Å². The van der Waals surface area contributed by atoms with E-state index in [4.69, 9.17) is 32.7 Å². The molecule has 2 aromatic carbocycles. The van der Waals surface area contributed by atoms with Crippen molar-refractivity contribution in [3.63, 3.8) is 0 Å². The lowest BCUT2D eigenvalue weighted by Gasteiger charge is -2.18. The van der Waals surface area contributed by atoms with Gasteiger partial charge in [-0.05, 0) is 30.7 Å². The number of anilines is 1. The number of ether oxygens (including phenoxy) is 2. The summed E-state index contributed by atoms with van der Waals surface area (Å²) in [5.41, 5.74) is 2.27. The number of benzene rings is 2. The Morgan fingerprint density at radius 1 is 1.15 bits per heavy atom. The lowest BCUT2D eigenvalue weighted by Crippen LogP contribution is -3.08. The highest BCUT2D eigenvalue weighted by molar-refractivity contribution is 6.40. The number of carbonyl (C=O) groups is 1. The Hall–Kier alpha value is -1.95. The monoisotopic (exact) mass is 397 g/mol. The van der Waals surface area contributed by atoms with Crippen LogP contribution in [0.2, 0.25) is 10.0 Å². The lowest BCUT2D eigenvalue weighted by molar-refractivity contribution is -0.885. The molecule has 140 valence electrons. The van der Waals surface area contributed by atoms with Gasteiger partial charge in [0, 0.05) is 0 Å². The smallest absolute Gasteiger partial charge is 0.279 e. The molecular weight excluding hydrogens is 375 g/mol. The second kappa shape index (κ2) is 9.12. The fourth-order valence-corrected chi connectivity index (χ4v) is 3.17. The lowest BCUT2D eigenvalue weighted by atomic mass is 10.1. The zero-order valence-electron chi connectivity index (χ0n) is 15.3. The molecule has 0 aliphatic rings. The van der Waals surface area contributed by atoms with Gasteiger partial charge in [-0.15, -0.1) is 0 Å². The summed E-state index contributed by atoms with van der Waals surface area (Å²) in [4.78, 5) is 13.4. The third-order valence-corrected chi connectivity index (χ3v) is 4.79. The van der Waals surface area contributed by atoms with Crippen molar-refractivity contribution < 1.29 is 19.2 Å². The molecule has 0 spiro atoms. The van der Waals surface area contributed by atoms with E-state index < -0.39 is 0 Å². The fraction of sp³-hybridized carbons (Fsp3) is 0.316. The minimum Gasteiger partial charge on any atom is -0.493 e. The number of halogens is 2. The Labute approximate surface area is 163 Å². The van der Waals surface area contributed by atoms with Crippen LogP contribution in [0.1, 0.15) is 11.1 Å². The van der Waals surface area contributed by atoms with Crippen LogP contribution in [0.3, 0.4) is 0 Å². The summed E-state index contributed by atoms with van der Waals surface area (Å²) in [5, 5.41) is 3.68. The van der Waals surface area contributed by atoms with Crippen LogP contribution in [0.15, 0.2) is 30.3 Å². The number of hydrogen-bond donors (Lipinski definition) is 2. The molecule has 7 heteroatoms. The summed E-state index contributed by atoms with van der Waals surface area (Å²) < 4.78 is 10.8. The van der Waals surface area contributed by atoms with Gasteiger partial charge in [-0.1, -0.05) is 35.3 Å². The number of nitrogens with one attached hydrogen (secondary N) is 2. The molecule has 0 fully saturated rings. The maximum atomic E-state index is 12.4. The Morgan fingerprint density at radius 2 is 1.88 bits per heavy atom. The van der Waals surface area contributed by atoms with Crippen molar-refractivity contribution in [1.82, 2.24) is 0 Å². The summed E-state index contributed by atoms with van der Waals surface area (Å²) in [6.45, 7) is 2.71. The molecule has 0 bridgehead atoms. The minimum absolute atomic E-state index is 0.168. The molecule has 5 nitrogen and oxygen atoms in total. The fourth-order valence-electron chi connectivity index (χ4n) is 2.71. The number of amides is 1. The standard InChI is InChI=1S/C19H22Cl2N2O3/c1-12-8-9-14(20)18(17(12)21)22-16(24)11-23(2)10-13-6-5-7-15(25-3)19(13)26-4/h5-9H,10-11H2,1-4H3,(H,22,24)/p+1. The predicted octanol–water partition coefficient (Wildman–Crippen LogP) is 2.97. The van der Waals surface area contributed by atoms with Crippen LogP contribution in [0.4, 0.5) is 5.69 Å². The molecule has 1 atom stereocenters. The van der Waals surface area contributed by atoms with Gasteiger partial charge in [-0.25, -0.2) is 0 Å². The quantitative estimate of drug-likeness (QED) is 0.754. The number of rotatable bonds is 7. The van der Waals surface area contributed by atoms with Crippen LogP contribution in [0, 0.1) is 6.92 Å². The van der Waals surface area contributed by atoms with Crippen LogP contribution in [0.5, 0.6) is 11.5 Å². The molecule has 0 saturated carbocycles.